The molecule has 4 heteroatoms. The van der Waals surface area contributed by atoms with Crippen molar-refractivity contribution in [2.45, 2.75) is 130 Å². The van der Waals surface area contributed by atoms with Crippen molar-refractivity contribution in [3.63, 3.8) is 0 Å². The van der Waals surface area contributed by atoms with E-state index in [0.717, 1.165) is 12.8 Å². The molecule has 4 aliphatic rings. The Balaban J connectivity index is 1.25. The fourth-order valence-corrected chi connectivity index (χ4v) is 7.99. The highest BCUT2D eigenvalue weighted by molar-refractivity contribution is 5.38. The maximum absolute atomic E-state index is 10.3. The van der Waals surface area contributed by atoms with E-state index in [1.54, 1.807) is 0 Å². The Bertz CT molecular complexity index is 1270. The first-order valence-corrected chi connectivity index (χ1v) is 16.3. The van der Waals surface area contributed by atoms with E-state index in [2.05, 4.69) is 154 Å². The van der Waals surface area contributed by atoms with Gasteiger partial charge in [0, 0.05) is 23.7 Å². The molecule has 0 aromatic carbocycles. The number of ether oxygens (including phenoxy) is 2. The fraction of sp³-hybridized carbons (Fsp3) is 0.550. The van der Waals surface area contributed by atoms with Crippen LogP contribution in [0.3, 0.4) is 0 Å². The van der Waals surface area contributed by atoms with Crippen molar-refractivity contribution >= 4 is 0 Å². The normalized spacial score (nSPS) is 39.2. The van der Waals surface area contributed by atoms with Crippen molar-refractivity contribution in [3.8, 4) is 0 Å². The standard InChI is InChI=1S/C40H56O4/c1-29(17-13-19-31(3)21-23-39-35(5,6)25-33(41)27-37(39,9)43-39)15-11-12-16-30(2)18-14-20-32(4)22-24-40-36(7,8)26-34(42)28-38(40,10)44-40/h11-24,33-34,41-42H,25-28H2,1-10H3/b12-11+,17-13+,18-14+,23-21+,24-22+,29-15-,30-16+,31-19+,32-20+/t33-,34-,37+,38-,39-,40+/m0/s1. The van der Waals surface area contributed by atoms with Crippen LogP contribution >= 0.6 is 0 Å². The molecule has 2 aliphatic heterocycles. The molecule has 0 aromatic rings. The molecule has 2 N–H and O–H groups in total. The van der Waals surface area contributed by atoms with Crippen molar-refractivity contribution < 1.29 is 19.7 Å². The minimum atomic E-state index is -0.294. The third-order valence-electron chi connectivity index (χ3n) is 10.4. The summed E-state index contributed by atoms with van der Waals surface area (Å²) in [6.07, 6.45) is 32.0. The number of allylic oxidation sites excluding steroid dienone is 16. The third-order valence-corrected chi connectivity index (χ3v) is 10.4. The van der Waals surface area contributed by atoms with Gasteiger partial charge in [0.2, 0.25) is 0 Å². The zero-order chi connectivity index (χ0) is 32.6. The largest absolute Gasteiger partial charge is 0.393 e. The van der Waals surface area contributed by atoms with Gasteiger partial charge in [0.15, 0.2) is 0 Å². The molecule has 44 heavy (non-hydrogen) atoms. The Hall–Kier alpha value is -2.50. The van der Waals surface area contributed by atoms with Crippen LogP contribution in [0.4, 0.5) is 0 Å². The minimum absolute atomic E-state index is 0.0969. The lowest BCUT2D eigenvalue weighted by molar-refractivity contribution is 0.0510. The molecule has 2 aliphatic carbocycles. The molecular weight excluding hydrogens is 544 g/mol. The predicted octanol–water partition coefficient (Wildman–Crippen LogP) is 8.97. The second-order valence-electron chi connectivity index (χ2n) is 15.4. The SMILES string of the molecule is CC(=C/C=C/C=C(C)/C=C/C=C(C)/C=C/[C@]12O[C@@]1(C)C[C@@H](O)CC2(C)C)/C=C/C=C(C)/C=C/[C@@]12O[C@]1(C)C[C@@H](O)CC2(C)C. The van der Waals surface area contributed by atoms with E-state index in [9.17, 15) is 10.2 Å². The first-order chi connectivity index (χ1) is 20.4. The molecule has 4 fully saturated rings. The van der Waals surface area contributed by atoms with Gasteiger partial charge in [0.1, 0.15) is 22.4 Å². The quantitative estimate of drug-likeness (QED) is 0.194. The summed E-state index contributed by atoms with van der Waals surface area (Å²) in [6, 6.07) is 0. The van der Waals surface area contributed by atoms with Crippen molar-refractivity contribution in [1.82, 2.24) is 0 Å². The van der Waals surface area contributed by atoms with Crippen LogP contribution in [0.1, 0.15) is 94.9 Å². The lowest BCUT2D eigenvalue weighted by atomic mass is 9.63. The Kier molecular flexibility index (Phi) is 9.66. The van der Waals surface area contributed by atoms with Crippen molar-refractivity contribution in [2.24, 2.45) is 10.8 Å². The van der Waals surface area contributed by atoms with Crippen molar-refractivity contribution in [1.29, 1.82) is 0 Å². The molecule has 0 aromatic heterocycles. The highest BCUT2D eigenvalue weighted by atomic mass is 16.6. The molecule has 0 amide bonds. The smallest absolute Gasteiger partial charge is 0.121 e. The lowest BCUT2D eigenvalue weighted by Crippen LogP contribution is -2.46. The molecule has 0 spiro atoms. The number of hydrogen-bond acceptors (Lipinski definition) is 4. The average Bonchev–Trinajstić information content (AvgIpc) is 3.73. The van der Waals surface area contributed by atoms with Crippen LogP contribution in [-0.2, 0) is 9.47 Å². The summed E-state index contributed by atoms with van der Waals surface area (Å²) in [7, 11) is 0. The summed E-state index contributed by atoms with van der Waals surface area (Å²) in [5.74, 6) is 0. The predicted molar refractivity (Wildman–Crippen MR) is 183 cm³/mol. The number of rotatable bonds is 10. The van der Waals surface area contributed by atoms with E-state index in [4.69, 9.17) is 9.47 Å². The second-order valence-corrected chi connectivity index (χ2v) is 15.4. The Morgan fingerprint density at radius 3 is 1.16 bits per heavy atom. The molecule has 2 heterocycles. The molecule has 0 radical (unpaired) electrons. The Morgan fingerprint density at radius 1 is 0.500 bits per heavy atom. The van der Waals surface area contributed by atoms with Gasteiger partial charge in [-0.15, -0.1) is 0 Å². The van der Waals surface area contributed by atoms with E-state index < -0.39 is 0 Å². The lowest BCUT2D eigenvalue weighted by Gasteiger charge is -2.39. The number of epoxide rings is 2. The summed E-state index contributed by atoms with van der Waals surface area (Å²) in [4.78, 5) is 0. The van der Waals surface area contributed by atoms with E-state index in [-0.39, 0.29) is 45.4 Å². The number of fused-ring (bicyclic) bond motifs is 2. The number of aliphatic hydroxyl groups excluding tert-OH is 2. The maximum Gasteiger partial charge on any atom is 0.121 e. The van der Waals surface area contributed by atoms with E-state index in [1.807, 2.05) is 0 Å². The molecule has 0 bridgehead atoms. The molecular formula is C40H56O4. The van der Waals surface area contributed by atoms with Crippen LogP contribution in [0, 0.1) is 10.8 Å². The van der Waals surface area contributed by atoms with Crippen LogP contribution in [0.25, 0.3) is 0 Å². The second kappa shape index (κ2) is 12.4. The van der Waals surface area contributed by atoms with Gasteiger partial charge in [-0.3, -0.25) is 0 Å². The van der Waals surface area contributed by atoms with Gasteiger partial charge >= 0.3 is 0 Å². The number of hydrogen-bond donors (Lipinski definition) is 2. The Morgan fingerprint density at radius 2 is 0.818 bits per heavy atom. The van der Waals surface area contributed by atoms with E-state index in [1.165, 1.54) is 22.3 Å². The van der Waals surface area contributed by atoms with Crippen LogP contribution < -0.4 is 0 Å². The highest BCUT2D eigenvalue weighted by Gasteiger charge is 2.75. The Labute approximate surface area is 267 Å². The van der Waals surface area contributed by atoms with Crippen molar-refractivity contribution in [3.05, 3.63) is 107 Å². The van der Waals surface area contributed by atoms with Gasteiger partial charge < -0.3 is 19.7 Å². The molecule has 6 atom stereocenters. The van der Waals surface area contributed by atoms with Crippen LogP contribution in [-0.4, -0.2) is 44.8 Å². The molecule has 2 saturated heterocycles. The van der Waals surface area contributed by atoms with Gasteiger partial charge in [-0.2, -0.15) is 0 Å². The van der Waals surface area contributed by atoms with Crippen LogP contribution in [0.15, 0.2) is 107 Å². The minimum Gasteiger partial charge on any atom is -0.393 e. The van der Waals surface area contributed by atoms with Gasteiger partial charge in [0.05, 0.1) is 12.2 Å². The average molecular weight is 601 g/mol. The van der Waals surface area contributed by atoms with E-state index >= 15 is 0 Å². The number of aliphatic hydroxyl groups is 2. The fourth-order valence-electron chi connectivity index (χ4n) is 7.99. The third kappa shape index (κ3) is 6.84. The zero-order valence-electron chi connectivity index (χ0n) is 28.8. The maximum atomic E-state index is 10.3. The summed E-state index contributed by atoms with van der Waals surface area (Å²) in [5, 5.41) is 20.5. The van der Waals surface area contributed by atoms with Crippen molar-refractivity contribution in [2.75, 3.05) is 0 Å². The monoisotopic (exact) mass is 600 g/mol. The van der Waals surface area contributed by atoms with E-state index in [0.29, 0.717) is 12.8 Å². The van der Waals surface area contributed by atoms with Gasteiger partial charge in [-0.25, -0.2) is 0 Å². The van der Waals surface area contributed by atoms with Gasteiger partial charge in [-0.1, -0.05) is 123 Å². The summed E-state index contributed by atoms with van der Waals surface area (Å²) >= 11 is 0. The van der Waals surface area contributed by atoms with Gasteiger partial charge in [0.25, 0.3) is 0 Å². The molecule has 4 nitrogen and oxygen atoms in total. The molecule has 4 rings (SSSR count). The first kappa shape index (κ1) is 34.4. The summed E-state index contributed by atoms with van der Waals surface area (Å²) in [6.45, 7) is 21.4. The summed E-state index contributed by atoms with van der Waals surface area (Å²) < 4.78 is 12.5. The van der Waals surface area contributed by atoms with Crippen LogP contribution in [0.5, 0.6) is 0 Å². The first-order valence-electron chi connectivity index (χ1n) is 16.3. The van der Waals surface area contributed by atoms with Crippen LogP contribution in [0.2, 0.25) is 0 Å². The summed E-state index contributed by atoms with van der Waals surface area (Å²) in [5.41, 5.74) is 3.36. The topological polar surface area (TPSA) is 65.5 Å². The molecule has 0 unspecified atom stereocenters. The molecule has 2 saturated carbocycles. The molecule has 240 valence electrons. The van der Waals surface area contributed by atoms with Gasteiger partial charge in [-0.05, 0) is 66.5 Å². The highest BCUT2D eigenvalue weighted by Crippen LogP contribution is 2.67. The zero-order valence-corrected chi connectivity index (χ0v) is 28.8.